The van der Waals surface area contributed by atoms with Crippen LogP contribution in [0.1, 0.15) is 21.5 Å². The van der Waals surface area contributed by atoms with Crippen molar-refractivity contribution < 1.29 is 17.6 Å². The normalized spacial score (nSPS) is 19.1. The Labute approximate surface area is 147 Å². The van der Waals surface area contributed by atoms with Crippen LogP contribution in [0.3, 0.4) is 0 Å². The highest BCUT2D eigenvalue weighted by Gasteiger charge is 2.34. The molecule has 1 aliphatic heterocycles. The van der Waals surface area contributed by atoms with E-state index in [1.54, 1.807) is 6.07 Å². The molecule has 1 aliphatic rings. The van der Waals surface area contributed by atoms with Crippen molar-refractivity contribution in [3.63, 3.8) is 0 Å². The maximum atomic E-state index is 13.4. The Bertz CT molecular complexity index is 677. The van der Waals surface area contributed by atoms with Crippen LogP contribution in [0.5, 0.6) is 0 Å². The quantitative estimate of drug-likeness (QED) is 0.818. The molecule has 1 atom stereocenters. The summed E-state index contributed by atoms with van der Waals surface area (Å²) in [4.78, 5) is 5.23. The highest BCUT2D eigenvalue weighted by molar-refractivity contribution is 7.11. The number of halogens is 5. The number of benzene rings is 1. The summed E-state index contributed by atoms with van der Waals surface area (Å²) in [5.41, 5.74) is 0.810. The SMILES string of the molecule is Cl.Fc1cccc(C2CNCCN2Cc2ncc(C(F)(F)F)s2)c1. The molecule has 1 aromatic heterocycles. The second-order valence-corrected chi connectivity index (χ2v) is 6.48. The second kappa shape index (κ2) is 7.77. The van der Waals surface area contributed by atoms with Crippen LogP contribution in [0.2, 0.25) is 0 Å². The topological polar surface area (TPSA) is 28.2 Å². The monoisotopic (exact) mass is 381 g/mol. The van der Waals surface area contributed by atoms with Crippen molar-refractivity contribution in [3.8, 4) is 0 Å². The smallest absolute Gasteiger partial charge is 0.314 e. The molecule has 2 heterocycles. The highest BCUT2D eigenvalue weighted by atomic mass is 35.5. The fourth-order valence-electron chi connectivity index (χ4n) is 2.67. The van der Waals surface area contributed by atoms with Gasteiger partial charge in [-0.1, -0.05) is 12.1 Å². The summed E-state index contributed by atoms with van der Waals surface area (Å²) in [5, 5.41) is 3.65. The second-order valence-electron chi connectivity index (χ2n) is 5.36. The highest BCUT2D eigenvalue weighted by Crippen LogP contribution is 2.34. The molecule has 1 unspecified atom stereocenters. The Hall–Kier alpha value is -1.22. The lowest BCUT2D eigenvalue weighted by Gasteiger charge is -2.36. The third kappa shape index (κ3) is 4.44. The number of alkyl halides is 3. The van der Waals surface area contributed by atoms with Crippen LogP contribution in [-0.2, 0) is 12.7 Å². The van der Waals surface area contributed by atoms with E-state index in [1.807, 2.05) is 11.0 Å². The molecule has 0 spiro atoms. The van der Waals surface area contributed by atoms with Crippen molar-refractivity contribution in [2.75, 3.05) is 19.6 Å². The van der Waals surface area contributed by atoms with Crippen molar-refractivity contribution in [1.82, 2.24) is 15.2 Å². The number of nitrogens with one attached hydrogen (secondary N) is 1. The predicted octanol–water partition coefficient (Wildman–Crippen LogP) is 3.87. The van der Waals surface area contributed by atoms with Gasteiger partial charge in [0.05, 0.1) is 12.7 Å². The van der Waals surface area contributed by atoms with Gasteiger partial charge in [0.2, 0.25) is 0 Å². The molecule has 9 heteroatoms. The first-order valence-corrected chi connectivity index (χ1v) is 7.97. The number of thiazole rings is 1. The summed E-state index contributed by atoms with van der Waals surface area (Å²) in [6.07, 6.45) is -3.49. The van der Waals surface area contributed by atoms with Gasteiger partial charge in [0.15, 0.2) is 0 Å². The first-order chi connectivity index (χ1) is 10.9. The molecule has 132 valence electrons. The van der Waals surface area contributed by atoms with Gasteiger partial charge >= 0.3 is 6.18 Å². The lowest BCUT2D eigenvalue weighted by atomic mass is 10.0. The first kappa shape index (κ1) is 19.1. The van der Waals surface area contributed by atoms with Crippen molar-refractivity contribution >= 4 is 23.7 Å². The Morgan fingerprint density at radius 1 is 1.33 bits per heavy atom. The summed E-state index contributed by atoms with van der Waals surface area (Å²) in [6.45, 7) is 2.36. The van der Waals surface area contributed by atoms with Gasteiger partial charge in [0.25, 0.3) is 0 Å². The minimum Gasteiger partial charge on any atom is -0.314 e. The van der Waals surface area contributed by atoms with E-state index in [-0.39, 0.29) is 24.3 Å². The van der Waals surface area contributed by atoms with Crippen LogP contribution in [0.25, 0.3) is 0 Å². The van der Waals surface area contributed by atoms with Crippen LogP contribution in [0.4, 0.5) is 17.6 Å². The minimum absolute atomic E-state index is 0. The van der Waals surface area contributed by atoms with Crippen molar-refractivity contribution in [1.29, 1.82) is 0 Å². The molecular weight excluding hydrogens is 366 g/mol. The summed E-state index contributed by atoms with van der Waals surface area (Å²) in [6, 6.07) is 6.23. The fraction of sp³-hybridized carbons (Fsp3) is 0.400. The number of aromatic nitrogens is 1. The number of nitrogens with zero attached hydrogens (tertiary/aromatic N) is 2. The van der Waals surface area contributed by atoms with Gasteiger partial charge in [0.1, 0.15) is 15.7 Å². The van der Waals surface area contributed by atoms with Crippen LogP contribution >= 0.6 is 23.7 Å². The Balaban J connectivity index is 0.00000208. The van der Waals surface area contributed by atoms with Crippen LogP contribution in [0, 0.1) is 5.82 Å². The van der Waals surface area contributed by atoms with Crippen LogP contribution in [0.15, 0.2) is 30.5 Å². The standard InChI is InChI=1S/C15H15F4N3S.ClH/c16-11-3-1-2-10(6-11)12-7-20-4-5-22(12)9-14-21-8-13(23-14)15(17,18)19;/h1-3,6,8,12,20H,4-5,7,9H2;1H. The van der Waals surface area contributed by atoms with Crippen molar-refractivity contribution in [2.24, 2.45) is 0 Å². The molecule has 0 bridgehead atoms. The Morgan fingerprint density at radius 3 is 2.79 bits per heavy atom. The van der Waals surface area contributed by atoms with E-state index in [0.717, 1.165) is 18.3 Å². The lowest BCUT2D eigenvalue weighted by molar-refractivity contribution is -0.134. The summed E-state index contributed by atoms with van der Waals surface area (Å²) < 4.78 is 51.4. The Kier molecular flexibility index (Phi) is 6.19. The molecule has 1 aromatic carbocycles. The van der Waals surface area contributed by atoms with E-state index in [0.29, 0.717) is 36.0 Å². The van der Waals surface area contributed by atoms with Gasteiger partial charge in [-0.2, -0.15) is 13.2 Å². The van der Waals surface area contributed by atoms with Gasteiger partial charge in [-0.05, 0) is 17.7 Å². The lowest BCUT2D eigenvalue weighted by Crippen LogP contribution is -2.45. The summed E-state index contributed by atoms with van der Waals surface area (Å²) in [5.74, 6) is -0.318. The molecule has 0 amide bonds. The molecule has 2 aromatic rings. The third-order valence-corrected chi connectivity index (χ3v) is 4.79. The zero-order valence-electron chi connectivity index (χ0n) is 12.5. The zero-order valence-corrected chi connectivity index (χ0v) is 14.1. The van der Waals surface area contributed by atoms with Gasteiger partial charge in [-0.25, -0.2) is 9.37 Å². The van der Waals surface area contributed by atoms with Crippen molar-refractivity contribution in [2.45, 2.75) is 18.8 Å². The molecule has 24 heavy (non-hydrogen) atoms. The third-order valence-electron chi connectivity index (χ3n) is 3.76. The molecule has 3 rings (SSSR count). The van der Waals surface area contributed by atoms with E-state index in [2.05, 4.69) is 10.3 Å². The predicted molar refractivity (Wildman–Crippen MR) is 86.8 cm³/mol. The molecular formula is C15H16ClF4N3S. The van der Waals surface area contributed by atoms with E-state index >= 15 is 0 Å². The minimum atomic E-state index is -4.36. The Morgan fingerprint density at radius 2 is 2.12 bits per heavy atom. The number of piperazine rings is 1. The largest absolute Gasteiger partial charge is 0.427 e. The molecule has 1 N–H and O–H groups in total. The first-order valence-electron chi connectivity index (χ1n) is 7.15. The van der Waals surface area contributed by atoms with Gasteiger partial charge < -0.3 is 5.32 Å². The van der Waals surface area contributed by atoms with Gasteiger partial charge in [-0.3, -0.25) is 4.90 Å². The fourth-order valence-corrected chi connectivity index (χ4v) is 3.48. The average Bonchev–Trinajstić information content (AvgIpc) is 2.96. The van der Waals surface area contributed by atoms with E-state index in [1.165, 1.54) is 12.1 Å². The van der Waals surface area contributed by atoms with Crippen LogP contribution < -0.4 is 5.32 Å². The molecule has 1 saturated heterocycles. The van der Waals surface area contributed by atoms with Crippen LogP contribution in [-0.4, -0.2) is 29.5 Å². The molecule has 0 aliphatic carbocycles. The molecule has 1 fully saturated rings. The molecule has 3 nitrogen and oxygen atoms in total. The summed E-state index contributed by atoms with van der Waals surface area (Å²) in [7, 11) is 0. The summed E-state index contributed by atoms with van der Waals surface area (Å²) >= 11 is 0.662. The maximum absolute atomic E-state index is 13.4. The zero-order chi connectivity index (χ0) is 16.4. The van der Waals surface area contributed by atoms with Crippen molar-refractivity contribution in [3.05, 3.63) is 51.7 Å². The van der Waals surface area contributed by atoms with Gasteiger partial charge in [0, 0.05) is 25.7 Å². The number of rotatable bonds is 3. The number of hydrogen-bond donors (Lipinski definition) is 1. The molecule has 0 radical (unpaired) electrons. The van der Waals surface area contributed by atoms with Gasteiger partial charge in [-0.15, -0.1) is 23.7 Å². The van der Waals surface area contributed by atoms with E-state index < -0.39 is 11.1 Å². The van der Waals surface area contributed by atoms with E-state index in [4.69, 9.17) is 0 Å². The van der Waals surface area contributed by atoms with E-state index in [9.17, 15) is 17.6 Å². The molecule has 0 saturated carbocycles. The average molecular weight is 382 g/mol. The number of hydrogen-bond acceptors (Lipinski definition) is 4. The maximum Gasteiger partial charge on any atom is 0.427 e.